The van der Waals surface area contributed by atoms with Gasteiger partial charge in [-0.25, -0.2) is 0 Å². The molecule has 0 heterocycles. The normalized spacial score (nSPS) is 10.8. The summed E-state index contributed by atoms with van der Waals surface area (Å²) in [5, 5.41) is 0. The molecule has 0 aliphatic rings. The second kappa shape index (κ2) is 7.92. The summed E-state index contributed by atoms with van der Waals surface area (Å²) in [6.07, 6.45) is 10.9. The highest BCUT2D eigenvalue weighted by molar-refractivity contribution is 5.71. The molecule has 0 N–H and O–H groups in total. The second-order valence-corrected chi connectivity index (χ2v) is 4.14. The van der Waals surface area contributed by atoms with Gasteiger partial charge in [-0.1, -0.05) is 75.2 Å². The first-order valence-corrected chi connectivity index (χ1v) is 6.25. The van der Waals surface area contributed by atoms with Gasteiger partial charge in [0.2, 0.25) is 0 Å². The Labute approximate surface area is 99.7 Å². The predicted molar refractivity (Wildman–Crippen MR) is 73.4 cm³/mol. The van der Waals surface area contributed by atoms with Gasteiger partial charge in [0, 0.05) is 0 Å². The third-order valence-electron chi connectivity index (χ3n) is 2.69. The van der Waals surface area contributed by atoms with E-state index in [1.165, 1.54) is 37.7 Å². The summed E-state index contributed by atoms with van der Waals surface area (Å²) >= 11 is 0. The summed E-state index contributed by atoms with van der Waals surface area (Å²) in [6, 6.07) is 10.3. The van der Waals surface area contributed by atoms with Crippen molar-refractivity contribution >= 4 is 5.57 Å². The van der Waals surface area contributed by atoms with Crippen molar-refractivity contribution < 1.29 is 0 Å². The van der Waals surface area contributed by atoms with Crippen LogP contribution in [0.4, 0.5) is 0 Å². The van der Waals surface area contributed by atoms with Crippen LogP contribution in [0.3, 0.4) is 0 Å². The molecule has 0 aliphatic carbocycles. The third-order valence-corrected chi connectivity index (χ3v) is 2.69. The van der Waals surface area contributed by atoms with E-state index in [1.807, 2.05) is 6.07 Å². The Kier molecular flexibility index (Phi) is 6.32. The Morgan fingerprint density at radius 3 is 2.56 bits per heavy atom. The van der Waals surface area contributed by atoms with Gasteiger partial charge in [0.05, 0.1) is 0 Å². The summed E-state index contributed by atoms with van der Waals surface area (Å²) in [7, 11) is 0. The largest absolute Gasteiger partial charge is 0.0912 e. The molecular formula is C16H22. The van der Waals surface area contributed by atoms with Crippen molar-refractivity contribution in [1.82, 2.24) is 0 Å². The average molecular weight is 214 g/mol. The van der Waals surface area contributed by atoms with E-state index in [0.717, 1.165) is 5.57 Å². The lowest BCUT2D eigenvalue weighted by molar-refractivity contribution is 0.674. The van der Waals surface area contributed by atoms with Crippen LogP contribution in [-0.2, 0) is 0 Å². The van der Waals surface area contributed by atoms with E-state index < -0.39 is 0 Å². The molecule has 0 aliphatic heterocycles. The van der Waals surface area contributed by atoms with E-state index in [2.05, 4.69) is 49.9 Å². The van der Waals surface area contributed by atoms with Gasteiger partial charge in [0.25, 0.3) is 0 Å². The van der Waals surface area contributed by atoms with Gasteiger partial charge in [0.15, 0.2) is 0 Å². The smallest absolute Gasteiger partial charge is 0.0190 e. The number of rotatable bonds is 7. The van der Waals surface area contributed by atoms with Crippen LogP contribution in [0.1, 0.15) is 44.6 Å². The van der Waals surface area contributed by atoms with E-state index >= 15 is 0 Å². The molecule has 0 saturated heterocycles. The fourth-order valence-corrected chi connectivity index (χ4v) is 1.66. The van der Waals surface area contributed by atoms with Gasteiger partial charge >= 0.3 is 0 Å². The van der Waals surface area contributed by atoms with E-state index in [4.69, 9.17) is 0 Å². The fraction of sp³-hybridized carbons (Fsp3) is 0.375. The van der Waals surface area contributed by atoms with Crippen LogP contribution in [0.2, 0.25) is 0 Å². The maximum atomic E-state index is 4.07. The zero-order chi connectivity index (χ0) is 11.6. The average Bonchev–Trinajstić information content (AvgIpc) is 2.34. The molecule has 0 radical (unpaired) electrons. The standard InChI is InChI=1S/C16H22/c1-3-4-5-6-7-9-12-15(2)16-13-10-8-11-14-16/h8-14H,2-7H2,1H3. The third kappa shape index (κ3) is 4.97. The molecule has 0 unspecified atom stereocenters. The van der Waals surface area contributed by atoms with Crippen molar-refractivity contribution in [2.75, 3.05) is 0 Å². The van der Waals surface area contributed by atoms with Gasteiger partial charge in [-0.2, -0.15) is 0 Å². The molecule has 0 aromatic heterocycles. The van der Waals surface area contributed by atoms with E-state index in [1.54, 1.807) is 0 Å². The highest BCUT2D eigenvalue weighted by Gasteiger charge is 1.91. The van der Waals surface area contributed by atoms with E-state index in [9.17, 15) is 0 Å². The van der Waals surface area contributed by atoms with Crippen LogP contribution in [0.15, 0.2) is 49.1 Å². The summed E-state index contributed by atoms with van der Waals surface area (Å²) in [6.45, 7) is 6.32. The molecule has 0 bridgehead atoms. The molecular weight excluding hydrogens is 192 g/mol. The number of allylic oxidation sites excluding steroid dienone is 3. The minimum Gasteiger partial charge on any atom is -0.0912 e. The Hall–Kier alpha value is -1.30. The summed E-state index contributed by atoms with van der Waals surface area (Å²) in [5.74, 6) is 0. The minimum absolute atomic E-state index is 1.11. The first-order chi connectivity index (χ1) is 7.84. The second-order valence-electron chi connectivity index (χ2n) is 4.14. The molecule has 0 atom stereocenters. The van der Waals surface area contributed by atoms with Crippen molar-refractivity contribution in [2.45, 2.75) is 39.0 Å². The number of unbranched alkanes of at least 4 members (excludes halogenated alkanes) is 4. The van der Waals surface area contributed by atoms with E-state index in [-0.39, 0.29) is 0 Å². The summed E-state index contributed by atoms with van der Waals surface area (Å²) < 4.78 is 0. The predicted octanol–water partition coefficient (Wildman–Crippen LogP) is 5.23. The van der Waals surface area contributed by atoms with Crippen molar-refractivity contribution in [3.8, 4) is 0 Å². The van der Waals surface area contributed by atoms with Gasteiger partial charge < -0.3 is 0 Å². The molecule has 0 saturated carbocycles. The molecule has 0 amide bonds. The Morgan fingerprint density at radius 1 is 1.12 bits per heavy atom. The highest BCUT2D eigenvalue weighted by Crippen LogP contribution is 2.13. The number of benzene rings is 1. The lowest BCUT2D eigenvalue weighted by Gasteiger charge is -1.99. The first kappa shape index (κ1) is 12.8. The lowest BCUT2D eigenvalue weighted by atomic mass is 10.1. The van der Waals surface area contributed by atoms with Gasteiger partial charge in [-0.15, -0.1) is 0 Å². The summed E-state index contributed by atoms with van der Waals surface area (Å²) in [5.41, 5.74) is 2.32. The van der Waals surface area contributed by atoms with E-state index in [0.29, 0.717) is 0 Å². The van der Waals surface area contributed by atoms with Crippen LogP contribution in [-0.4, -0.2) is 0 Å². The maximum Gasteiger partial charge on any atom is -0.0190 e. The topological polar surface area (TPSA) is 0 Å². The zero-order valence-corrected chi connectivity index (χ0v) is 10.3. The zero-order valence-electron chi connectivity index (χ0n) is 10.3. The molecule has 1 rings (SSSR count). The van der Waals surface area contributed by atoms with Crippen molar-refractivity contribution in [2.24, 2.45) is 0 Å². The fourth-order valence-electron chi connectivity index (χ4n) is 1.66. The molecule has 16 heavy (non-hydrogen) atoms. The maximum absolute atomic E-state index is 4.07. The van der Waals surface area contributed by atoms with Gasteiger partial charge in [0.1, 0.15) is 0 Å². The van der Waals surface area contributed by atoms with Crippen LogP contribution in [0.25, 0.3) is 5.57 Å². The molecule has 0 nitrogen and oxygen atoms in total. The lowest BCUT2D eigenvalue weighted by Crippen LogP contribution is -1.78. The van der Waals surface area contributed by atoms with Crippen molar-refractivity contribution in [1.29, 1.82) is 0 Å². The Bertz CT molecular complexity index is 319. The SMILES string of the molecule is C=C(C=CCCCCCC)c1ccccc1. The number of hydrogen-bond acceptors (Lipinski definition) is 0. The van der Waals surface area contributed by atoms with Crippen LogP contribution in [0.5, 0.6) is 0 Å². The van der Waals surface area contributed by atoms with Crippen LogP contribution >= 0.6 is 0 Å². The molecule has 0 fully saturated rings. The Morgan fingerprint density at radius 2 is 1.88 bits per heavy atom. The molecule has 0 heteroatoms. The van der Waals surface area contributed by atoms with Crippen LogP contribution in [0, 0.1) is 0 Å². The molecule has 1 aromatic rings. The van der Waals surface area contributed by atoms with Gasteiger partial charge in [-0.05, 0) is 24.0 Å². The molecule has 1 aromatic carbocycles. The Balaban J connectivity index is 2.27. The molecule has 0 spiro atoms. The number of hydrogen-bond donors (Lipinski definition) is 0. The monoisotopic (exact) mass is 214 g/mol. The van der Waals surface area contributed by atoms with Crippen LogP contribution < -0.4 is 0 Å². The quantitative estimate of drug-likeness (QED) is 0.431. The summed E-state index contributed by atoms with van der Waals surface area (Å²) in [4.78, 5) is 0. The van der Waals surface area contributed by atoms with Crippen molar-refractivity contribution in [3.05, 3.63) is 54.6 Å². The molecule has 86 valence electrons. The van der Waals surface area contributed by atoms with Crippen molar-refractivity contribution in [3.63, 3.8) is 0 Å². The minimum atomic E-state index is 1.11. The van der Waals surface area contributed by atoms with Gasteiger partial charge in [-0.3, -0.25) is 0 Å². The highest BCUT2D eigenvalue weighted by atomic mass is 14.0. The first-order valence-electron chi connectivity index (χ1n) is 6.25.